The van der Waals surface area contributed by atoms with E-state index in [1.54, 1.807) is 14.2 Å². The van der Waals surface area contributed by atoms with Crippen LogP contribution >= 0.6 is 11.3 Å². The van der Waals surface area contributed by atoms with Crippen LogP contribution in [0.5, 0.6) is 5.75 Å². The predicted octanol–water partition coefficient (Wildman–Crippen LogP) is 2.36. The highest BCUT2D eigenvalue weighted by Gasteiger charge is 2.15. The summed E-state index contributed by atoms with van der Waals surface area (Å²) in [7, 11) is 3.36. The van der Waals surface area contributed by atoms with Gasteiger partial charge in [-0.15, -0.1) is 0 Å². The maximum atomic E-state index is 5.83. The topological polar surface area (TPSA) is 60.6 Å². The number of hydrogen-bond donors (Lipinski definition) is 1. The second-order valence-corrected chi connectivity index (χ2v) is 5.12. The van der Waals surface area contributed by atoms with E-state index in [4.69, 9.17) is 15.2 Å². The zero-order valence-corrected chi connectivity index (χ0v) is 12.3. The molecular formula is C13H19N3O2S. The van der Waals surface area contributed by atoms with Crippen LogP contribution in [-0.4, -0.2) is 38.9 Å². The van der Waals surface area contributed by atoms with Gasteiger partial charge in [-0.1, -0.05) is 11.3 Å². The largest absolute Gasteiger partial charge is 0.494 e. The van der Waals surface area contributed by atoms with Crippen LogP contribution in [0.15, 0.2) is 12.1 Å². The number of nitrogens with two attached hydrogens (primary N) is 1. The van der Waals surface area contributed by atoms with Crippen LogP contribution in [0.1, 0.15) is 6.92 Å². The molecule has 0 spiro atoms. The molecule has 2 aromatic rings. The number of nitrogen functional groups attached to an aromatic ring is 1. The summed E-state index contributed by atoms with van der Waals surface area (Å²) < 4.78 is 11.6. The summed E-state index contributed by atoms with van der Waals surface area (Å²) >= 11 is 1.49. The number of hydrogen-bond acceptors (Lipinski definition) is 6. The molecule has 104 valence electrons. The number of fused-ring (bicyclic) bond motifs is 1. The van der Waals surface area contributed by atoms with Gasteiger partial charge in [-0.2, -0.15) is 0 Å². The van der Waals surface area contributed by atoms with Gasteiger partial charge in [0.05, 0.1) is 24.1 Å². The summed E-state index contributed by atoms with van der Waals surface area (Å²) in [6, 6.07) is 3.99. The number of thiazole rings is 1. The van der Waals surface area contributed by atoms with Gasteiger partial charge in [0, 0.05) is 20.2 Å². The van der Waals surface area contributed by atoms with E-state index in [-0.39, 0.29) is 0 Å². The molecule has 0 fully saturated rings. The van der Waals surface area contributed by atoms with E-state index in [0.29, 0.717) is 11.7 Å². The van der Waals surface area contributed by atoms with E-state index >= 15 is 0 Å². The molecular weight excluding hydrogens is 262 g/mol. The quantitative estimate of drug-likeness (QED) is 0.880. The van der Waals surface area contributed by atoms with Crippen LogP contribution in [0, 0.1) is 0 Å². The first-order valence-electron chi connectivity index (χ1n) is 6.18. The summed E-state index contributed by atoms with van der Waals surface area (Å²) in [5.74, 6) is 0.759. The summed E-state index contributed by atoms with van der Waals surface area (Å²) in [6.07, 6.45) is 0. The molecule has 5 nitrogen and oxygen atoms in total. The molecule has 1 aromatic heterocycles. The molecule has 0 bridgehead atoms. The molecule has 0 atom stereocenters. The Morgan fingerprint density at radius 3 is 2.79 bits per heavy atom. The molecule has 2 rings (SSSR count). The highest BCUT2D eigenvalue weighted by Crippen LogP contribution is 2.38. The van der Waals surface area contributed by atoms with Gasteiger partial charge in [0.15, 0.2) is 5.13 Å². The maximum absolute atomic E-state index is 5.83. The van der Waals surface area contributed by atoms with Crippen molar-refractivity contribution in [2.45, 2.75) is 6.92 Å². The van der Waals surface area contributed by atoms with Crippen LogP contribution in [0.25, 0.3) is 10.2 Å². The first kappa shape index (κ1) is 13.9. The standard InChI is InChI=1S/C13H19N3O2S/c1-4-16(7-8-17-2)9-5-6-10(18-3)11-12(9)19-13(14)15-11/h5-6H,4,7-8H2,1-3H3,(H2,14,15). The lowest BCUT2D eigenvalue weighted by Gasteiger charge is -2.23. The van der Waals surface area contributed by atoms with E-state index in [9.17, 15) is 0 Å². The summed E-state index contributed by atoms with van der Waals surface area (Å²) in [5, 5.41) is 0.559. The number of rotatable bonds is 6. The number of methoxy groups -OCH3 is 2. The Kier molecular flexibility index (Phi) is 4.44. The number of aromatic nitrogens is 1. The Hall–Kier alpha value is -1.53. The average Bonchev–Trinajstić information content (AvgIpc) is 2.81. The molecule has 0 saturated heterocycles. The summed E-state index contributed by atoms with van der Waals surface area (Å²) in [4.78, 5) is 6.61. The molecule has 1 aromatic carbocycles. The fourth-order valence-corrected chi connectivity index (χ4v) is 2.94. The number of nitrogens with zero attached hydrogens (tertiary/aromatic N) is 2. The third kappa shape index (κ3) is 2.74. The average molecular weight is 281 g/mol. The maximum Gasteiger partial charge on any atom is 0.181 e. The van der Waals surface area contributed by atoms with Crippen molar-refractivity contribution in [2.75, 3.05) is 44.5 Å². The van der Waals surface area contributed by atoms with Crippen molar-refractivity contribution in [3.05, 3.63) is 12.1 Å². The molecule has 0 amide bonds. The normalized spacial score (nSPS) is 10.9. The molecule has 19 heavy (non-hydrogen) atoms. The Bertz CT molecular complexity index is 556. The summed E-state index contributed by atoms with van der Waals surface area (Å²) in [6.45, 7) is 4.56. The molecule has 0 unspecified atom stereocenters. The van der Waals surface area contributed by atoms with Crippen LogP contribution in [0.2, 0.25) is 0 Å². The van der Waals surface area contributed by atoms with Crippen LogP contribution in [-0.2, 0) is 4.74 Å². The van der Waals surface area contributed by atoms with E-state index in [0.717, 1.165) is 34.7 Å². The van der Waals surface area contributed by atoms with Crippen molar-refractivity contribution >= 4 is 32.4 Å². The third-order valence-electron chi connectivity index (χ3n) is 3.01. The number of benzene rings is 1. The van der Waals surface area contributed by atoms with Gasteiger partial charge in [0.25, 0.3) is 0 Å². The lowest BCUT2D eigenvalue weighted by Crippen LogP contribution is -2.26. The van der Waals surface area contributed by atoms with Crippen LogP contribution in [0.4, 0.5) is 10.8 Å². The van der Waals surface area contributed by atoms with Gasteiger partial charge >= 0.3 is 0 Å². The molecule has 2 N–H and O–H groups in total. The number of anilines is 2. The van der Waals surface area contributed by atoms with Crippen molar-refractivity contribution in [1.82, 2.24) is 4.98 Å². The minimum absolute atomic E-state index is 0.559. The van der Waals surface area contributed by atoms with E-state index in [1.807, 2.05) is 6.07 Å². The smallest absolute Gasteiger partial charge is 0.181 e. The number of ether oxygens (including phenoxy) is 2. The van der Waals surface area contributed by atoms with E-state index in [1.165, 1.54) is 11.3 Å². The monoisotopic (exact) mass is 281 g/mol. The molecule has 0 aliphatic heterocycles. The lowest BCUT2D eigenvalue weighted by molar-refractivity contribution is 0.205. The molecule has 0 radical (unpaired) electrons. The Morgan fingerprint density at radius 2 is 2.16 bits per heavy atom. The predicted molar refractivity (Wildman–Crippen MR) is 80.3 cm³/mol. The molecule has 0 aliphatic rings. The van der Waals surface area contributed by atoms with Crippen molar-refractivity contribution < 1.29 is 9.47 Å². The SMILES string of the molecule is CCN(CCOC)c1ccc(OC)c2nc(N)sc12. The number of likely N-dealkylation sites (N-methyl/N-ethyl adjacent to an activating group) is 1. The zero-order chi connectivity index (χ0) is 13.8. The van der Waals surface area contributed by atoms with Crippen molar-refractivity contribution in [1.29, 1.82) is 0 Å². The second kappa shape index (κ2) is 6.08. The van der Waals surface area contributed by atoms with Gasteiger partial charge in [-0.3, -0.25) is 0 Å². The fraction of sp³-hybridized carbons (Fsp3) is 0.462. The van der Waals surface area contributed by atoms with Gasteiger partial charge in [-0.25, -0.2) is 4.98 Å². The second-order valence-electron chi connectivity index (χ2n) is 4.09. The highest BCUT2D eigenvalue weighted by atomic mass is 32.1. The third-order valence-corrected chi connectivity index (χ3v) is 3.92. The first-order chi connectivity index (χ1) is 9.21. The van der Waals surface area contributed by atoms with Crippen LogP contribution in [0.3, 0.4) is 0 Å². The lowest BCUT2D eigenvalue weighted by atomic mass is 10.2. The Balaban J connectivity index is 2.47. The fourth-order valence-electron chi connectivity index (χ4n) is 2.05. The minimum Gasteiger partial charge on any atom is -0.494 e. The van der Waals surface area contributed by atoms with Crippen LogP contribution < -0.4 is 15.4 Å². The molecule has 1 heterocycles. The zero-order valence-electron chi connectivity index (χ0n) is 11.5. The van der Waals surface area contributed by atoms with Gasteiger partial charge in [-0.05, 0) is 19.1 Å². The minimum atomic E-state index is 0.559. The highest BCUT2D eigenvalue weighted by molar-refractivity contribution is 7.22. The van der Waals surface area contributed by atoms with Crippen molar-refractivity contribution in [3.63, 3.8) is 0 Å². The molecule has 0 saturated carbocycles. The molecule has 0 aliphatic carbocycles. The summed E-state index contributed by atoms with van der Waals surface area (Å²) in [5.41, 5.74) is 7.79. The Morgan fingerprint density at radius 1 is 1.37 bits per heavy atom. The molecule has 6 heteroatoms. The van der Waals surface area contributed by atoms with Crippen molar-refractivity contribution in [3.8, 4) is 5.75 Å². The first-order valence-corrected chi connectivity index (χ1v) is 6.99. The van der Waals surface area contributed by atoms with Gasteiger partial charge in [0.1, 0.15) is 11.3 Å². The van der Waals surface area contributed by atoms with E-state index < -0.39 is 0 Å². The van der Waals surface area contributed by atoms with Gasteiger partial charge in [0.2, 0.25) is 0 Å². The van der Waals surface area contributed by atoms with Gasteiger partial charge < -0.3 is 20.1 Å². The van der Waals surface area contributed by atoms with Crippen molar-refractivity contribution in [2.24, 2.45) is 0 Å². The van der Waals surface area contributed by atoms with E-state index in [2.05, 4.69) is 22.9 Å². The Labute approximate surface area is 116 Å².